The van der Waals surface area contributed by atoms with Crippen molar-refractivity contribution in [3.63, 3.8) is 0 Å². The van der Waals surface area contributed by atoms with Crippen molar-refractivity contribution in [3.8, 4) is 34.0 Å². The Morgan fingerprint density at radius 1 is 0.939 bits per heavy atom. The van der Waals surface area contributed by atoms with E-state index >= 15 is 0 Å². The van der Waals surface area contributed by atoms with Crippen LogP contribution < -0.4 is 4.74 Å². The Hall–Kier alpha value is -3.59. The standard InChI is InChI=1S/C24H18N2O5S.ClH/c1-31-23-17(14-6-3-2-4-7-14)8-5-9-18(23)24-25-19-11-10-15-12-16(32(28,29)30)13-20(27)21(15)22(19)26-24;/h2-13,27H,1H3,(H,25,26)(H,28,29,30);1H. The van der Waals surface area contributed by atoms with Gasteiger partial charge in [-0.15, -0.1) is 12.4 Å². The van der Waals surface area contributed by atoms with Crippen molar-refractivity contribution in [3.05, 3.63) is 72.8 Å². The molecular weight excluding hydrogens is 464 g/mol. The number of halogens is 1. The van der Waals surface area contributed by atoms with E-state index in [-0.39, 0.29) is 23.1 Å². The number of H-pyrrole nitrogens is 1. The highest BCUT2D eigenvalue weighted by molar-refractivity contribution is 7.85. The third-order valence-electron chi connectivity index (χ3n) is 5.38. The van der Waals surface area contributed by atoms with Crippen molar-refractivity contribution >= 4 is 44.3 Å². The fraction of sp³-hybridized carbons (Fsp3) is 0.0417. The number of imidazole rings is 1. The highest BCUT2D eigenvalue weighted by Crippen LogP contribution is 2.40. The maximum absolute atomic E-state index is 11.5. The molecule has 0 unspecified atom stereocenters. The molecule has 0 atom stereocenters. The van der Waals surface area contributed by atoms with E-state index in [1.165, 1.54) is 6.07 Å². The zero-order chi connectivity index (χ0) is 22.5. The molecule has 7 nitrogen and oxygen atoms in total. The van der Waals surface area contributed by atoms with Crippen LogP contribution in [-0.4, -0.2) is 35.2 Å². The van der Waals surface area contributed by atoms with Crippen LogP contribution in [0.4, 0.5) is 0 Å². The van der Waals surface area contributed by atoms with Gasteiger partial charge in [-0.05, 0) is 29.1 Å². The summed E-state index contributed by atoms with van der Waals surface area (Å²) in [6.45, 7) is 0. The van der Waals surface area contributed by atoms with E-state index in [1.54, 1.807) is 19.2 Å². The Bertz CT molecular complexity index is 1600. The molecule has 1 aromatic heterocycles. The Labute approximate surface area is 195 Å². The molecule has 0 amide bonds. The number of aromatic hydroxyl groups is 1. The molecule has 3 N–H and O–H groups in total. The van der Waals surface area contributed by atoms with Gasteiger partial charge in [0.25, 0.3) is 10.1 Å². The van der Waals surface area contributed by atoms with Gasteiger partial charge in [-0.3, -0.25) is 4.55 Å². The summed E-state index contributed by atoms with van der Waals surface area (Å²) >= 11 is 0. The van der Waals surface area contributed by atoms with Crippen molar-refractivity contribution in [1.29, 1.82) is 0 Å². The maximum Gasteiger partial charge on any atom is 0.294 e. The van der Waals surface area contributed by atoms with Crippen molar-refractivity contribution in [2.45, 2.75) is 4.90 Å². The summed E-state index contributed by atoms with van der Waals surface area (Å²) < 4.78 is 38.1. The van der Waals surface area contributed by atoms with Crippen molar-refractivity contribution < 1.29 is 22.8 Å². The predicted molar refractivity (Wildman–Crippen MR) is 130 cm³/mol. The molecule has 0 aliphatic heterocycles. The predicted octanol–water partition coefficient (Wildman–Crippen LogP) is 5.43. The first-order chi connectivity index (χ1) is 15.4. The molecule has 5 aromatic rings. The lowest BCUT2D eigenvalue weighted by molar-refractivity contribution is 0.418. The number of hydrogen-bond acceptors (Lipinski definition) is 5. The lowest BCUT2D eigenvalue weighted by Gasteiger charge is -2.12. The van der Waals surface area contributed by atoms with E-state index in [0.717, 1.165) is 22.8 Å². The molecule has 0 radical (unpaired) electrons. The SMILES string of the molecule is COc1c(-c2ccccc2)cccc1-c1nc2c(ccc3cc(S(=O)(=O)O)cc(O)c32)[nH]1.Cl. The lowest BCUT2D eigenvalue weighted by atomic mass is 10.0. The molecule has 0 fully saturated rings. The summed E-state index contributed by atoms with van der Waals surface area (Å²) in [4.78, 5) is 7.58. The number of phenols is 1. The average Bonchev–Trinajstić information content (AvgIpc) is 3.22. The second-order valence-electron chi connectivity index (χ2n) is 7.32. The van der Waals surface area contributed by atoms with Gasteiger partial charge < -0.3 is 14.8 Å². The Morgan fingerprint density at radius 2 is 1.67 bits per heavy atom. The van der Waals surface area contributed by atoms with Gasteiger partial charge in [0, 0.05) is 11.6 Å². The Morgan fingerprint density at radius 3 is 2.36 bits per heavy atom. The minimum Gasteiger partial charge on any atom is -0.507 e. The van der Waals surface area contributed by atoms with Crippen molar-refractivity contribution in [1.82, 2.24) is 9.97 Å². The molecule has 0 aliphatic rings. The van der Waals surface area contributed by atoms with E-state index in [4.69, 9.17) is 9.72 Å². The van der Waals surface area contributed by atoms with Crippen LogP contribution in [0.2, 0.25) is 0 Å². The highest BCUT2D eigenvalue weighted by Gasteiger charge is 2.19. The number of benzene rings is 4. The van der Waals surface area contributed by atoms with Gasteiger partial charge in [0.05, 0.1) is 28.5 Å². The fourth-order valence-corrected chi connectivity index (χ4v) is 4.48. The zero-order valence-electron chi connectivity index (χ0n) is 17.3. The number of nitrogens with zero attached hydrogens (tertiary/aromatic N) is 1. The molecule has 0 aliphatic carbocycles. The van der Waals surface area contributed by atoms with Crippen LogP contribution in [0, 0.1) is 0 Å². The average molecular weight is 483 g/mol. The third-order valence-corrected chi connectivity index (χ3v) is 6.21. The van der Waals surface area contributed by atoms with Crippen LogP contribution in [0.5, 0.6) is 11.5 Å². The van der Waals surface area contributed by atoms with Gasteiger partial charge in [-0.25, -0.2) is 4.98 Å². The van der Waals surface area contributed by atoms with E-state index in [0.29, 0.717) is 33.4 Å². The van der Waals surface area contributed by atoms with E-state index in [2.05, 4.69) is 4.98 Å². The number of rotatable bonds is 4. The zero-order valence-corrected chi connectivity index (χ0v) is 18.9. The molecule has 5 rings (SSSR count). The first kappa shape index (κ1) is 22.6. The van der Waals surface area contributed by atoms with Gasteiger partial charge >= 0.3 is 0 Å². The summed E-state index contributed by atoms with van der Waals surface area (Å²) in [6, 6.07) is 21.4. The second-order valence-corrected chi connectivity index (χ2v) is 8.74. The quantitative estimate of drug-likeness (QED) is 0.294. The van der Waals surface area contributed by atoms with Crippen LogP contribution in [0.1, 0.15) is 0 Å². The Balaban J connectivity index is 0.00000259. The Kier molecular flexibility index (Phi) is 5.75. The van der Waals surface area contributed by atoms with Crippen molar-refractivity contribution in [2.75, 3.05) is 7.11 Å². The summed E-state index contributed by atoms with van der Waals surface area (Å²) in [5.41, 5.74) is 3.80. The number of fused-ring (bicyclic) bond motifs is 3. The maximum atomic E-state index is 11.5. The molecular formula is C24H19ClN2O5S. The first-order valence-electron chi connectivity index (χ1n) is 9.72. The normalized spacial score (nSPS) is 11.5. The molecule has 168 valence electrons. The number of nitrogens with one attached hydrogen (secondary N) is 1. The fourth-order valence-electron chi connectivity index (χ4n) is 3.95. The first-order valence-corrected chi connectivity index (χ1v) is 11.2. The van der Waals surface area contributed by atoms with Gasteiger partial charge in [-0.2, -0.15) is 8.42 Å². The molecule has 1 heterocycles. The summed E-state index contributed by atoms with van der Waals surface area (Å²) in [5, 5.41) is 11.4. The van der Waals surface area contributed by atoms with E-state index < -0.39 is 10.1 Å². The molecule has 0 saturated carbocycles. The van der Waals surface area contributed by atoms with Crippen LogP contribution in [0.15, 0.2) is 77.7 Å². The topological polar surface area (TPSA) is 113 Å². The van der Waals surface area contributed by atoms with Gasteiger partial charge in [0.1, 0.15) is 22.8 Å². The highest BCUT2D eigenvalue weighted by atomic mass is 35.5. The van der Waals surface area contributed by atoms with Crippen LogP contribution >= 0.6 is 12.4 Å². The second kappa shape index (κ2) is 8.40. The molecule has 9 heteroatoms. The molecule has 4 aromatic carbocycles. The largest absolute Gasteiger partial charge is 0.507 e. The number of hydrogen-bond donors (Lipinski definition) is 3. The number of phenolic OH excluding ortho intramolecular Hbond substituents is 1. The minimum absolute atomic E-state index is 0. The third kappa shape index (κ3) is 3.89. The van der Waals surface area contributed by atoms with Crippen molar-refractivity contribution in [2.24, 2.45) is 0 Å². The number of aromatic nitrogens is 2. The van der Waals surface area contributed by atoms with E-state index in [9.17, 15) is 18.1 Å². The summed E-state index contributed by atoms with van der Waals surface area (Å²) in [7, 11) is -2.85. The monoisotopic (exact) mass is 482 g/mol. The van der Waals surface area contributed by atoms with Crippen LogP contribution in [0.25, 0.3) is 44.3 Å². The lowest BCUT2D eigenvalue weighted by Crippen LogP contribution is -1.97. The summed E-state index contributed by atoms with van der Waals surface area (Å²) in [5.74, 6) is 0.907. The summed E-state index contributed by atoms with van der Waals surface area (Å²) in [6.07, 6.45) is 0. The number of aromatic amines is 1. The molecule has 33 heavy (non-hydrogen) atoms. The molecule has 0 bridgehead atoms. The minimum atomic E-state index is -4.45. The number of ether oxygens (including phenoxy) is 1. The van der Waals surface area contributed by atoms with Gasteiger partial charge in [0.2, 0.25) is 0 Å². The van der Waals surface area contributed by atoms with Crippen LogP contribution in [0.3, 0.4) is 0 Å². The number of para-hydroxylation sites is 1. The van der Waals surface area contributed by atoms with E-state index in [1.807, 2.05) is 48.5 Å². The molecule has 0 spiro atoms. The molecule has 0 saturated heterocycles. The number of methoxy groups -OCH3 is 1. The smallest absolute Gasteiger partial charge is 0.294 e. The van der Waals surface area contributed by atoms with Gasteiger partial charge in [-0.1, -0.05) is 48.5 Å². The van der Waals surface area contributed by atoms with Gasteiger partial charge in [0.15, 0.2) is 0 Å². The van der Waals surface area contributed by atoms with Crippen LogP contribution in [-0.2, 0) is 10.1 Å².